The van der Waals surface area contributed by atoms with Crippen molar-refractivity contribution in [1.29, 1.82) is 0 Å². The molecule has 2 rings (SSSR count). The number of rotatable bonds is 7. The van der Waals surface area contributed by atoms with Crippen LogP contribution in [-0.2, 0) is 14.3 Å². The van der Waals surface area contributed by atoms with Crippen molar-refractivity contribution >= 4 is 23.7 Å². The molecule has 0 saturated heterocycles. The van der Waals surface area contributed by atoms with Crippen LogP contribution in [0.5, 0.6) is 0 Å². The van der Waals surface area contributed by atoms with Crippen molar-refractivity contribution in [2.45, 2.75) is 37.4 Å². The number of esters is 1. The fourth-order valence-electron chi connectivity index (χ4n) is 2.00. The molecule has 2 saturated carbocycles. The molecule has 1 N–H and O–H groups in total. The molecule has 0 aromatic rings. The van der Waals surface area contributed by atoms with Gasteiger partial charge in [0.05, 0.1) is 13.5 Å². The second kappa shape index (κ2) is 4.88. The van der Waals surface area contributed by atoms with Crippen LogP contribution in [0.25, 0.3) is 0 Å². The first kappa shape index (κ1) is 12.7. The van der Waals surface area contributed by atoms with Crippen molar-refractivity contribution in [3.8, 4) is 0 Å². The number of methoxy groups -OCH3 is 1. The van der Waals surface area contributed by atoms with E-state index in [0.717, 1.165) is 31.4 Å². The van der Waals surface area contributed by atoms with Gasteiger partial charge in [-0.3, -0.25) is 9.59 Å². The summed E-state index contributed by atoms with van der Waals surface area (Å²) in [7, 11) is 1.40. The van der Waals surface area contributed by atoms with Crippen molar-refractivity contribution in [2.75, 3.05) is 12.9 Å². The van der Waals surface area contributed by atoms with Crippen LogP contribution in [0.2, 0.25) is 0 Å². The molecular weight excluding hydrogens is 240 g/mol. The smallest absolute Gasteiger partial charge is 0.316 e. The molecule has 0 aliphatic heterocycles. The molecule has 2 fully saturated rings. The van der Waals surface area contributed by atoms with Gasteiger partial charge in [0.15, 0.2) is 0 Å². The molecule has 0 aromatic heterocycles. The molecular formula is C12H18O4S. The third-order valence-corrected chi connectivity index (χ3v) is 5.29. The summed E-state index contributed by atoms with van der Waals surface area (Å²) >= 11 is 1.51. The highest BCUT2D eigenvalue weighted by Crippen LogP contribution is 2.53. The van der Waals surface area contributed by atoms with E-state index in [0.29, 0.717) is 12.3 Å². The summed E-state index contributed by atoms with van der Waals surface area (Å²) in [5.74, 6) is 0.245. The maximum Gasteiger partial charge on any atom is 0.316 e. The van der Waals surface area contributed by atoms with Gasteiger partial charge in [-0.15, -0.1) is 11.8 Å². The lowest BCUT2D eigenvalue weighted by Crippen LogP contribution is -2.22. The van der Waals surface area contributed by atoms with Gasteiger partial charge < -0.3 is 9.84 Å². The number of aliphatic carboxylic acids is 1. The van der Waals surface area contributed by atoms with Gasteiger partial charge in [0.25, 0.3) is 0 Å². The van der Waals surface area contributed by atoms with Gasteiger partial charge in [0.2, 0.25) is 0 Å². The van der Waals surface area contributed by atoms with E-state index in [1.165, 1.54) is 18.9 Å². The van der Waals surface area contributed by atoms with Crippen molar-refractivity contribution in [2.24, 2.45) is 11.3 Å². The number of carboxylic acid groups (broad SMARTS) is 1. The topological polar surface area (TPSA) is 63.6 Å². The minimum Gasteiger partial charge on any atom is -0.480 e. The third kappa shape index (κ3) is 3.37. The molecule has 0 heterocycles. The molecule has 5 heteroatoms. The SMILES string of the molecule is COC(=O)CC1(CSC(C(=O)O)C2CC2)CC1. The molecule has 17 heavy (non-hydrogen) atoms. The average molecular weight is 258 g/mol. The highest BCUT2D eigenvalue weighted by molar-refractivity contribution is 8.00. The predicted molar refractivity (Wildman–Crippen MR) is 64.9 cm³/mol. The Morgan fingerprint density at radius 1 is 1.47 bits per heavy atom. The summed E-state index contributed by atoms with van der Waals surface area (Å²) in [5.41, 5.74) is 0.0281. The molecule has 1 unspecified atom stereocenters. The van der Waals surface area contributed by atoms with Gasteiger partial charge in [0, 0.05) is 5.75 Å². The van der Waals surface area contributed by atoms with Crippen LogP contribution in [-0.4, -0.2) is 35.2 Å². The first-order chi connectivity index (χ1) is 8.06. The van der Waals surface area contributed by atoms with Crippen LogP contribution in [0.4, 0.5) is 0 Å². The van der Waals surface area contributed by atoms with Crippen molar-refractivity contribution in [1.82, 2.24) is 0 Å². The number of carbonyl (C=O) groups excluding carboxylic acids is 1. The summed E-state index contributed by atoms with van der Waals surface area (Å²) < 4.78 is 4.68. The number of ether oxygens (including phenoxy) is 1. The van der Waals surface area contributed by atoms with E-state index in [4.69, 9.17) is 5.11 Å². The zero-order valence-corrected chi connectivity index (χ0v) is 10.8. The Bertz CT molecular complexity index is 320. The molecule has 96 valence electrons. The van der Waals surface area contributed by atoms with E-state index >= 15 is 0 Å². The Balaban J connectivity index is 1.80. The summed E-state index contributed by atoms with van der Waals surface area (Å²) in [4.78, 5) is 22.3. The van der Waals surface area contributed by atoms with Gasteiger partial charge in [0.1, 0.15) is 5.25 Å². The van der Waals surface area contributed by atoms with Crippen LogP contribution in [0.15, 0.2) is 0 Å². The molecule has 1 atom stereocenters. The highest BCUT2D eigenvalue weighted by atomic mass is 32.2. The average Bonchev–Trinajstić information content (AvgIpc) is 3.14. The Kier molecular flexibility index (Phi) is 3.66. The van der Waals surface area contributed by atoms with Gasteiger partial charge in [-0.1, -0.05) is 0 Å². The lowest BCUT2D eigenvalue weighted by Gasteiger charge is -2.16. The van der Waals surface area contributed by atoms with Gasteiger partial charge in [-0.2, -0.15) is 0 Å². The summed E-state index contributed by atoms with van der Waals surface area (Å²) in [5, 5.41) is 8.84. The molecule has 2 aliphatic carbocycles. The number of hydrogen-bond acceptors (Lipinski definition) is 4. The summed E-state index contributed by atoms with van der Waals surface area (Å²) in [6, 6.07) is 0. The monoisotopic (exact) mass is 258 g/mol. The summed E-state index contributed by atoms with van der Waals surface area (Å²) in [6.45, 7) is 0. The Morgan fingerprint density at radius 3 is 2.53 bits per heavy atom. The zero-order chi connectivity index (χ0) is 12.5. The molecule has 0 bridgehead atoms. The standard InChI is InChI=1S/C12H18O4S/c1-16-9(13)6-12(4-5-12)7-17-10(11(14)15)8-2-3-8/h8,10H,2-7H2,1H3,(H,14,15). The second-order valence-electron chi connectivity index (χ2n) is 5.16. The van der Waals surface area contributed by atoms with E-state index < -0.39 is 5.97 Å². The van der Waals surface area contributed by atoms with Crippen LogP contribution in [0.3, 0.4) is 0 Å². The molecule has 0 radical (unpaired) electrons. The number of hydrogen-bond donors (Lipinski definition) is 1. The van der Waals surface area contributed by atoms with Crippen molar-refractivity contribution in [3.05, 3.63) is 0 Å². The number of carboxylic acids is 1. The largest absolute Gasteiger partial charge is 0.480 e. The molecule has 0 amide bonds. The minimum atomic E-state index is -0.702. The first-order valence-electron chi connectivity index (χ1n) is 5.97. The minimum absolute atomic E-state index is 0.0281. The normalized spacial score (nSPS) is 22.9. The van der Waals surface area contributed by atoms with Gasteiger partial charge in [-0.05, 0) is 37.0 Å². The Labute approximate surface area is 105 Å². The maximum absolute atomic E-state index is 11.2. The van der Waals surface area contributed by atoms with Crippen molar-refractivity contribution in [3.63, 3.8) is 0 Å². The fraction of sp³-hybridized carbons (Fsp3) is 0.833. The van der Waals surface area contributed by atoms with Crippen LogP contribution < -0.4 is 0 Å². The number of thioether (sulfide) groups is 1. The zero-order valence-electron chi connectivity index (χ0n) is 9.98. The van der Waals surface area contributed by atoms with E-state index in [-0.39, 0.29) is 16.6 Å². The molecule has 2 aliphatic rings. The second-order valence-corrected chi connectivity index (χ2v) is 6.29. The molecule has 0 spiro atoms. The van der Waals surface area contributed by atoms with E-state index in [2.05, 4.69) is 4.74 Å². The Hall–Kier alpha value is -0.710. The maximum atomic E-state index is 11.2. The lowest BCUT2D eigenvalue weighted by molar-refractivity contribution is -0.141. The first-order valence-corrected chi connectivity index (χ1v) is 7.02. The van der Waals surface area contributed by atoms with Crippen LogP contribution >= 0.6 is 11.8 Å². The lowest BCUT2D eigenvalue weighted by atomic mass is 10.1. The van der Waals surface area contributed by atoms with Gasteiger partial charge >= 0.3 is 11.9 Å². The van der Waals surface area contributed by atoms with Gasteiger partial charge in [-0.25, -0.2) is 0 Å². The highest BCUT2D eigenvalue weighted by Gasteiger charge is 2.46. The van der Waals surface area contributed by atoms with E-state index in [9.17, 15) is 9.59 Å². The van der Waals surface area contributed by atoms with Crippen LogP contribution in [0.1, 0.15) is 32.1 Å². The van der Waals surface area contributed by atoms with Crippen LogP contribution in [0, 0.1) is 11.3 Å². The summed E-state index contributed by atoms with van der Waals surface area (Å²) in [6.07, 6.45) is 4.55. The predicted octanol–water partition coefficient (Wildman–Crippen LogP) is 1.93. The van der Waals surface area contributed by atoms with E-state index in [1.54, 1.807) is 0 Å². The Morgan fingerprint density at radius 2 is 2.12 bits per heavy atom. The number of carbonyl (C=O) groups is 2. The van der Waals surface area contributed by atoms with E-state index in [1.807, 2.05) is 0 Å². The third-order valence-electron chi connectivity index (χ3n) is 3.57. The molecule has 0 aromatic carbocycles. The fourth-order valence-corrected chi connectivity index (χ4v) is 3.61. The quantitative estimate of drug-likeness (QED) is 0.707. The van der Waals surface area contributed by atoms with Crippen molar-refractivity contribution < 1.29 is 19.4 Å². The molecule has 4 nitrogen and oxygen atoms in total.